The maximum absolute atomic E-state index is 14.7. The number of ketones is 1. The van der Waals surface area contributed by atoms with Crippen molar-refractivity contribution >= 4 is 11.8 Å². The second-order valence-electron chi connectivity index (χ2n) is 16.5. The normalized spacial score (nSPS) is 45.7. The Kier molecular flexibility index (Phi) is 13.4. The number of esters is 1. The van der Waals surface area contributed by atoms with Crippen LogP contribution in [-0.4, -0.2) is 120 Å². The molecule has 0 aromatic rings. The minimum atomic E-state index is -0.594. The summed E-state index contributed by atoms with van der Waals surface area (Å²) in [6.45, 7) is 8.17. The summed E-state index contributed by atoms with van der Waals surface area (Å²) in [5, 5.41) is 0. The van der Waals surface area contributed by atoms with Crippen molar-refractivity contribution in [3.63, 3.8) is 0 Å². The summed E-state index contributed by atoms with van der Waals surface area (Å²) in [5.41, 5.74) is 0.763. The molecular formula is C41H65NO10. The Balaban J connectivity index is 1.20. The van der Waals surface area contributed by atoms with Crippen molar-refractivity contribution in [3.05, 3.63) is 23.8 Å². The third kappa shape index (κ3) is 8.27. The van der Waals surface area contributed by atoms with Gasteiger partial charge in [-0.15, -0.1) is 0 Å². The van der Waals surface area contributed by atoms with Gasteiger partial charge in [0, 0.05) is 39.2 Å². The second-order valence-corrected chi connectivity index (χ2v) is 16.5. The van der Waals surface area contributed by atoms with E-state index in [0.717, 1.165) is 50.5 Å². The minimum Gasteiger partial charge on any atom is -0.462 e. The fourth-order valence-corrected chi connectivity index (χ4v) is 10.4. The average Bonchev–Trinajstić information content (AvgIpc) is 3.70. The van der Waals surface area contributed by atoms with Crippen LogP contribution in [0.5, 0.6) is 0 Å². The zero-order valence-electron chi connectivity index (χ0n) is 32.9. The SMILES string of the molecule is CC[C@H]1CCC[C@H](O[C@H]2CC[C@H](N(C)C)[C@@H](C)O2)[C@@H](C)C(=O)C2=C[C@H]3[C@@H]4C[C@H](O[C@@H]5O[C@@H](C)[C@H](OC)[C@@H](OC)[C@H]5OC)C[C@H]4C=C[C@H]3C2CC(=O)O1. The summed E-state index contributed by atoms with van der Waals surface area (Å²) in [4.78, 5) is 30.4. The molecular weight excluding hydrogens is 666 g/mol. The maximum Gasteiger partial charge on any atom is 0.306 e. The molecule has 294 valence electrons. The smallest absolute Gasteiger partial charge is 0.306 e. The summed E-state index contributed by atoms with van der Waals surface area (Å²) in [6, 6.07) is 0.339. The molecule has 4 fully saturated rings. The van der Waals surface area contributed by atoms with Crippen molar-refractivity contribution in [2.24, 2.45) is 35.5 Å². The van der Waals surface area contributed by atoms with Gasteiger partial charge in [-0.1, -0.05) is 32.1 Å². The molecule has 1 saturated carbocycles. The quantitative estimate of drug-likeness (QED) is 0.222. The molecule has 0 amide bonds. The van der Waals surface area contributed by atoms with Crippen LogP contribution in [0.15, 0.2) is 23.8 Å². The van der Waals surface area contributed by atoms with Crippen molar-refractivity contribution in [1.82, 2.24) is 4.90 Å². The van der Waals surface area contributed by atoms with Gasteiger partial charge < -0.3 is 42.8 Å². The monoisotopic (exact) mass is 731 g/mol. The average molecular weight is 732 g/mol. The van der Waals surface area contributed by atoms with Crippen LogP contribution in [0.2, 0.25) is 0 Å². The third-order valence-corrected chi connectivity index (χ3v) is 13.3. The van der Waals surface area contributed by atoms with E-state index in [2.05, 4.69) is 51.1 Å². The minimum absolute atomic E-state index is 0.0380. The molecule has 6 rings (SSSR count). The van der Waals surface area contributed by atoms with Gasteiger partial charge in [-0.05, 0) is 109 Å². The van der Waals surface area contributed by atoms with Crippen LogP contribution in [0.3, 0.4) is 0 Å². The molecule has 3 aliphatic carbocycles. The molecule has 6 aliphatic rings. The second kappa shape index (κ2) is 17.4. The largest absolute Gasteiger partial charge is 0.462 e. The molecule has 0 bridgehead atoms. The zero-order valence-corrected chi connectivity index (χ0v) is 32.9. The Morgan fingerprint density at radius 3 is 2.25 bits per heavy atom. The van der Waals surface area contributed by atoms with Gasteiger partial charge in [0.25, 0.3) is 0 Å². The van der Waals surface area contributed by atoms with Gasteiger partial charge in [0.05, 0.1) is 30.8 Å². The first-order valence-electron chi connectivity index (χ1n) is 20.0. The number of rotatable bonds is 9. The fraction of sp³-hybridized carbons (Fsp3) is 0.854. The maximum atomic E-state index is 14.7. The number of fused-ring (bicyclic) bond motifs is 5. The highest BCUT2D eigenvalue weighted by atomic mass is 16.7. The van der Waals surface area contributed by atoms with Crippen molar-refractivity contribution in [2.45, 2.75) is 153 Å². The predicted octanol–water partition coefficient (Wildman–Crippen LogP) is 5.49. The molecule has 3 saturated heterocycles. The summed E-state index contributed by atoms with van der Waals surface area (Å²) in [6.07, 6.45) is 10.8. The van der Waals surface area contributed by atoms with Crippen LogP contribution in [0, 0.1) is 35.5 Å². The van der Waals surface area contributed by atoms with E-state index in [0.29, 0.717) is 18.4 Å². The predicted molar refractivity (Wildman–Crippen MR) is 194 cm³/mol. The first-order chi connectivity index (χ1) is 25.0. The highest BCUT2D eigenvalue weighted by molar-refractivity contribution is 5.99. The molecule has 0 N–H and O–H groups in total. The van der Waals surface area contributed by atoms with Gasteiger partial charge in [0.1, 0.15) is 24.4 Å². The molecule has 0 spiro atoms. The number of nitrogens with zero attached hydrogens (tertiary/aromatic N) is 1. The molecule has 1 unspecified atom stereocenters. The van der Waals surface area contributed by atoms with Gasteiger partial charge in [-0.25, -0.2) is 0 Å². The Bertz CT molecular complexity index is 1290. The Morgan fingerprint density at radius 1 is 0.827 bits per heavy atom. The van der Waals surface area contributed by atoms with Gasteiger partial charge >= 0.3 is 5.97 Å². The van der Waals surface area contributed by atoms with E-state index >= 15 is 0 Å². The Hall–Kier alpha value is -1.70. The lowest BCUT2D eigenvalue weighted by Gasteiger charge is -2.44. The van der Waals surface area contributed by atoms with E-state index in [4.69, 9.17) is 37.9 Å². The summed E-state index contributed by atoms with van der Waals surface area (Å²) < 4.78 is 49.5. The lowest BCUT2D eigenvalue weighted by molar-refractivity contribution is -0.314. The zero-order chi connectivity index (χ0) is 37.3. The van der Waals surface area contributed by atoms with Gasteiger partial charge in [0.2, 0.25) is 0 Å². The van der Waals surface area contributed by atoms with E-state index in [1.165, 1.54) is 0 Å². The first kappa shape index (κ1) is 40.0. The van der Waals surface area contributed by atoms with Crippen LogP contribution in [0.25, 0.3) is 0 Å². The molecule has 3 heterocycles. The molecule has 11 nitrogen and oxygen atoms in total. The number of Topliss-reactive ketones (excluding diaryl/α,β-unsaturated/α-hetero) is 1. The Labute approximate surface area is 311 Å². The number of hydrogen-bond acceptors (Lipinski definition) is 11. The number of carbonyl (C=O) groups excluding carboxylic acids is 2. The lowest BCUT2D eigenvalue weighted by atomic mass is 9.70. The fourth-order valence-electron chi connectivity index (χ4n) is 10.4. The van der Waals surface area contributed by atoms with Gasteiger partial charge in [-0.2, -0.15) is 0 Å². The van der Waals surface area contributed by atoms with Crippen molar-refractivity contribution in [1.29, 1.82) is 0 Å². The molecule has 0 aromatic carbocycles. The van der Waals surface area contributed by atoms with Crippen molar-refractivity contribution < 1.29 is 47.5 Å². The molecule has 17 atom stereocenters. The summed E-state index contributed by atoms with van der Waals surface area (Å²) in [5.74, 6) is 0.0198. The molecule has 11 heteroatoms. The summed E-state index contributed by atoms with van der Waals surface area (Å²) >= 11 is 0. The molecule has 0 aromatic heterocycles. The number of carbonyl (C=O) groups is 2. The van der Waals surface area contributed by atoms with E-state index in [-0.39, 0.29) is 96.8 Å². The van der Waals surface area contributed by atoms with Crippen LogP contribution >= 0.6 is 0 Å². The number of ether oxygens (including phenoxy) is 8. The number of likely N-dealkylation sites (N-methyl/N-ethyl adjacent to an activating group) is 1. The van der Waals surface area contributed by atoms with Crippen molar-refractivity contribution in [2.75, 3.05) is 35.4 Å². The van der Waals surface area contributed by atoms with Crippen molar-refractivity contribution in [3.8, 4) is 0 Å². The molecule has 52 heavy (non-hydrogen) atoms. The van der Waals surface area contributed by atoms with E-state index < -0.39 is 12.4 Å². The van der Waals surface area contributed by atoms with Crippen LogP contribution in [0.4, 0.5) is 0 Å². The number of cyclic esters (lactones) is 1. The number of allylic oxidation sites excluding steroid dienone is 4. The molecule has 3 aliphatic heterocycles. The first-order valence-corrected chi connectivity index (χ1v) is 20.0. The number of methoxy groups -OCH3 is 3. The third-order valence-electron chi connectivity index (χ3n) is 13.3. The molecule has 0 radical (unpaired) electrons. The van der Waals surface area contributed by atoms with E-state index in [1.54, 1.807) is 21.3 Å². The highest BCUT2D eigenvalue weighted by Crippen LogP contribution is 2.54. The van der Waals surface area contributed by atoms with Gasteiger partial charge in [-0.3, -0.25) is 9.59 Å². The van der Waals surface area contributed by atoms with Crippen LogP contribution < -0.4 is 0 Å². The van der Waals surface area contributed by atoms with Gasteiger partial charge in [0.15, 0.2) is 18.4 Å². The standard InChI is InChI=1S/C41H65NO10/c1-10-26-12-11-13-34(52-36-17-16-33(42(5)6)23(3)48-36)22(2)37(44)32-20-30-28(31(32)21-35(43)50-26)15-14-25-18-27(19-29(25)30)51-41-40(47-9)39(46-8)38(45-7)24(4)49-41/h14-15,20,22-31,33-34,36,38-41H,10-13,16-19,21H2,1-9H3/t22-,23-,24+,25-,26+,27-,28-,29-,30-,31?,33+,34+,36+,38+,39-,40-,41+/m1/s1. The van der Waals surface area contributed by atoms with E-state index in [9.17, 15) is 9.59 Å². The Morgan fingerprint density at radius 2 is 1.58 bits per heavy atom. The lowest BCUT2D eigenvalue weighted by Crippen LogP contribution is -2.59. The van der Waals surface area contributed by atoms with Crippen LogP contribution in [0.1, 0.15) is 85.5 Å². The van der Waals surface area contributed by atoms with Crippen LogP contribution in [-0.2, 0) is 47.5 Å². The van der Waals surface area contributed by atoms with E-state index in [1.807, 2.05) is 13.8 Å². The topological polar surface area (TPSA) is 111 Å². The number of hydrogen-bond donors (Lipinski definition) is 0. The summed E-state index contributed by atoms with van der Waals surface area (Å²) in [7, 11) is 9.15. The highest BCUT2D eigenvalue weighted by Gasteiger charge is 2.52.